The molecule has 0 aliphatic heterocycles. The fraction of sp³-hybridized carbons (Fsp3) is 0.538. The summed E-state index contributed by atoms with van der Waals surface area (Å²) in [5.74, 6) is -1.86. The molecule has 17 heavy (non-hydrogen) atoms. The van der Waals surface area contributed by atoms with Crippen molar-refractivity contribution in [1.29, 1.82) is 0 Å². The number of benzene rings is 1. The monoisotopic (exact) mass is 242 g/mol. The zero-order valence-electron chi connectivity index (χ0n) is 9.50. The number of rotatable bonds is 3. The number of aliphatic hydroxyl groups excluding tert-OH is 1. The van der Waals surface area contributed by atoms with Gasteiger partial charge in [-0.2, -0.15) is 0 Å². The first-order valence-corrected chi connectivity index (χ1v) is 5.86. The van der Waals surface area contributed by atoms with Crippen LogP contribution >= 0.6 is 0 Å². The van der Waals surface area contributed by atoms with Crippen LogP contribution in [0.4, 0.5) is 8.78 Å². The lowest BCUT2D eigenvalue weighted by Crippen LogP contribution is -2.41. The van der Waals surface area contributed by atoms with Crippen molar-refractivity contribution < 1.29 is 19.0 Å². The van der Waals surface area contributed by atoms with Gasteiger partial charge >= 0.3 is 0 Å². The Morgan fingerprint density at radius 3 is 2.53 bits per heavy atom. The number of aliphatic hydroxyl groups is 2. The van der Waals surface area contributed by atoms with Gasteiger partial charge < -0.3 is 10.2 Å². The number of hydrogen-bond donors (Lipinski definition) is 2. The Morgan fingerprint density at radius 2 is 1.88 bits per heavy atom. The van der Waals surface area contributed by atoms with Crippen LogP contribution in [-0.4, -0.2) is 21.9 Å². The van der Waals surface area contributed by atoms with E-state index in [0.29, 0.717) is 12.8 Å². The standard InChI is InChI=1S/C13H16F2O2/c14-10-5-3-4-9(12(10)15)8-11(16)13(17)6-1-2-7-13/h3-5,11,16-17H,1-2,6-8H2. The molecular formula is C13H16F2O2. The molecule has 94 valence electrons. The van der Waals surface area contributed by atoms with E-state index in [1.807, 2.05) is 0 Å². The van der Waals surface area contributed by atoms with E-state index in [2.05, 4.69) is 0 Å². The molecule has 0 aromatic heterocycles. The van der Waals surface area contributed by atoms with Crippen LogP contribution in [0.1, 0.15) is 31.2 Å². The summed E-state index contributed by atoms with van der Waals surface area (Å²) in [5, 5.41) is 20.1. The van der Waals surface area contributed by atoms with Gasteiger partial charge in [-0.25, -0.2) is 8.78 Å². The van der Waals surface area contributed by atoms with E-state index in [1.165, 1.54) is 12.1 Å². The van der Waals surface area contributed by atoms with Crippen molar-refractivity contribution in [3.05, 3.63) is 35.4 Å². The lowest BCUT2D eigenvalue weighted by molar-refractivity contribution is -0.0692. The molecule has 0 saturated heterocycles. The second-order valence-electron chi connectivity index (χ2n) is 4.74. The Hall–Kier alpha value is -1.00. The molecule has 0 bridgehead atoms. The molecule has 1 atom stereocenters. The molecule has 4 heteroatoms. The highest BCUT2D eigenvalue weighted by atomic mass is 19.2. The van der Waals surface area contributed by atoms with Crippen molar-refractivity contribution in [3.8, 4) is 0 Å². The minimum atomic E-state index is -1.14. The summed E-state index contributed by atoms with van der Waals surface area (Å²) in [6, 6.07) is 3.87. The summed E-state index contributed by atoms with van der Waals surface area (Å²) >= 11 is 0. The topological polar surface area (TPSA) is 40.5 Å². The van der Waals surface area contributed by atoms with Gasteiger partial charge in [0.25, 0.3) is 0 Å². The van der Waals surface area contributed by atoms with Crippen LogP contribution in [0, 0.1) is 11.6 Å². The van der Waals surface area contributed by atoms with E-state index in [-0.39, 0.29) is 12.0 Å². The maximum Gasteiger partial charge on any atom is 0.162 e. The van der Waals surface area contributed by atoms with E-state index in [9.17, 15) is 19.0 Å². The van der Waals surface area contributed by atoms with E-state index >= 15 is 0 Å². The van der Waals surface area contributed by atoms with Gasteiger partial charge in [-0.15, -0.1) is 0 Å². The Bertz CT molecular complexity index is 400. The number of halogens is 2. The molecule has 0 amide bonds. The zero-order chi connectivity index (χ0) is 12.5. The fourth-order valence-corrected chi connectivity index (χ4v) is 2.42. The van der Waals surface area contributed by atoms with Crippen molar-refractivity contribution in [2.24, 2.45) is 0 Å². The minimum absolute atomic E-state index is 0.0555. The molecule has 1 unspecified atom stereocenters. The van der Waals surface area contributed by atoms with E-state index in [4.69, 9.17) is 0 Å². The predicted octanol–water partition coefficient (Wildman–Crippen LogP) is 2.17. The predicted molar refractivity (Wildman–Crippen MR) is 59.5 cm³/mol. The largest absolute Gasteiger partial charge is 0.390 e. The third-order valence-corrected chi connectivity index (χ3v) is 3.53. The Morgan fingerprint density at radius 1 is 1.24 bits per heavy atom. The molecule has 1 aromatic carbocycles. The third-order valence-electron chi connectivity index (χ3n) is 3.53. The Labute approximate surface area is 98.9 Å². The molecule has 1 fully saturated rings. The lowest BCUT2D eigenvalue weighted by Gasteiger charge is -2.28. The Balaban J connectivity index is 2.12. The quantitative estimate of drug-likeness (QED) is 0.852. The smallest absolute Gasteiger partial charge is 0.162 e. The van der Waals surface area contributed by atoms with Gasteiger partial charge in [-0.1, -0.05) is 25.0 Å². The SMILES string of the molecule is OC(Cc1cccc(F)c1F)C1(O)CCCC1. The van der Waals surface area contributed by atoms with Crippen molar-refractivity contribution in [1.82, 2.24) is 0 Å². The van der Waals surface area contributed by atoms with E-state index < -0.39 is 23.3 Å². The molecule has 1 aliphatic rings. The molecule has 1 saturated carbocycles. The molecule has 2 rings (SSSR count). The van der Waals surface area contributed by atoms with Crippen LogP contribution in [0.3, 0.4) is 0 Å². The lowest BCUT2D eigenvalue weighted by atomic mass is 9.90. The molecule has 2 N–H and O–H groups in total. The van der Waals surface area contributed by atoms with Gasteiger partial charge in [0.2, 0.25) is 0 Å². The van der Waals surface area contributed by atoms with Crippen molar-refractivity contribution in [3.63, 3.8) is 0 Å². The van der Waals surface area contributed by atoms with Crippen LogP contribution in [0.2, 0.25) is 0 Å². The molecule has 0 heterocycles. The van der Waals surface area contributed by atoms with Crippen LogP contribution in [-0.2, 0) is 6.42 Å². The van der Waals surface area contributed by atoms with Gasteiger partial charge in [0.05, 0.1) is 11.7 Å². The summed E-state index contributed by atoms with van der Waals surface area (Å²) in [6.45, 7) is 0. The zero-order valence-corrected chi connectivity index (χ0v) is 9.50. The highest BCUT2D eigenvalue weighted by Gasteiger charge is 2.38. The second-order valence-corrected chi connectivity index (χ2v) is 4.74. The van der Waals surface area contributed by atoms with E-state index in [0.717, 1.165) is 18.9 Å². The Kier molecular flexibility index (Phi) is 3.45. The average molecular weight is 242 g/mol. The van der Waals surface area contributed by atoms with Crippen LogP contribution in [0.15, 0.2) is 18.2 Å². The maximum absolute atomic E-state index is 13.4. The molecule has 2 nitrogen and oxygen atoms in total. The first kappa shape index (κ1) is 12.5. The van der Waals surface area contributed by atoms with Crippen LogP contribution in [0.5, 0.6) is 0 Å². The normalized spacial score (nSPS) is 20.5. The molecule has 1 aromatic rings. The number of hydrogen-bond acceptors (Lipinski definition) is 2. The molecular weight excluding hydrogens is 226 g/mol. The average Bonchev–Trinajstić information content (AvgIpc) is 2.73. The van der Waals surface area contributed by atoms with E-state index in [1.54, 1.807) is 0 Å². The van der Waals surface area contributed by atoms with Gasteiger partial charge in [0, 0.05) is 6.42 Å². The van der Waals surface area contributed by atoms with Crippen molar-refractivity contribution in [2.75, 3.05) is 0 Å². The summed E-state index contributed by atoms with van der Waals surface area (Å²) in [4.78, 5) is 0. The summed E-state index contributed by atoms with van der Waals surface area (Å²) in [5.41, 5.74) is -1.03. The van der Waals surface area contributed by atoms with Crippen LogP contribution in [0.25, 0.3) is 0 Å². The highest BCUT2D eigenvalue weighted by molar-refractivity contribution is 5.20. The van der Waals surface area contributed by atoms with Crippen LogP contribution < -0.4 is 0 Å². The maximum atomic E-state index is 13.4. The molecule has 0 radical (unpaired) electrons. The minimum Gasteiger partial charge on any atom is -0.390 e. The summed E-state index contributed by atoms with van der Waals surface area (Å²) in [7, 11) is 0. The second kappa shape index (κ2) is 4.70. The van der Waals surface area contributed by atoms with Gasteiger partial charge in [-0.05, 0) is 24.5 Å². The first-order valence-electron chi connectivity index (χ1n) is 5.86. The summed E-state index contributed by atoms with van der Waals surface area (Å²) in [6.07, 6.45) is 1.66. The third kappa shape index (κ3) is 2.48. The fourth-order valence-electron chi connectivity index (χ4n) is 2.42. The van der Waals surface area contributed by atoms with Crippen molar-refractivity contribution >= 4 is 0 Å². The summed E-state index contributed by atoms with van der Waals surface area (Å²) < 4.78 is 26.4. The molecule has 1 aliphatic carbocycles. The van der Waals surface area contributed by atoms with Gasteiger partial charge in [0.1, 0.15) is 0 Å². The van der Waals surface area contributed by atoms with Gasteiger partial charge in [0.15, 0.2) is 11.6 Å². The molecule has 0 spiro atoms. The van der Waals surface area contributed by atoms with Gasteiger partial charge in [-0.3, -0.25) is 0 Å². The first-order chi connectivity index (χ1) is 8.03. The highest BCUT2D eigenvalue weighted by Crippen LogP contribution is 2.34. The van der Waals surface area contributed by atoms with Crippen molar-refractivity contribution in [2.45, 2.75) is 43.8 Å².